The molecule has 1 heterocycles. The van der Waals surface area contributed by atoms with Gasteiger partial charge in [-0.2, -0.15) is 0 Å². The first kappa shape index (κ1) is 19.0. The number of guanidine groups is 1. The van der Waals surface area contributed by atoms with E-state index in [-0.39, 0.29) is 0 Å². The summed E-state index contributed by atoms with van der Waals surface area (Å²) in [4.78, 5) is 8.68. The van der Waals surface area contributed by atoms with Gasteiger partial charge >= 0.3 is 0 Å². The van der Waals surface area contributed by atoms with Crippen LogP contribution in [0.25, 0.3) is 0 Å². The molecule has 6 heteroatoms. The van der Waals surface area contributed by atoms with Crippen molar-refractivity contribution in [3.05, 3.63) is 23.9 Å². The van der Waals surface area contributed by atoms with Gasteiger partial charge < -0.3 is 20.1 Å². The average Bonchev–Trinajstić information content (AvgIpc) is 3.36. The molecule has 26 heavy (non-hydrogen) atoms. The standard InChI is InChI=1S/C20H32N4O2/c1-21-20(22-11-4-12-25-15-16-7-8-16)24-14-17-9-10-19(23-13-17)26-18-5-2-3-6-18/h9-10,13,16,18H,2-8,11-12,14-15H2,1H3,(H2,21,22,24). The minimum absolute atomic E-state index is 0.350. The van der Waals surface area contributed by atoms with Crippen LogP contribution in [-0.4, -0.2) is 43.9 Å². The second kappa shape index (κ2) is 10.4. The molecule has 1 aromatic heterocycles. The van der Waals surface area contributed by atoms with Crippen LogP contribution >= 0.6 is 0 Å². The summed E-state index contributed by atoms with van der Waals surface area (Å²) in [6, 6.07) is 4.02. The van der Waals surface area contributed by atoms with Crippen molar-refractivity contribution < 1.29 is 9.47 Å². The Balaban J connectivity index is 1.29. The molecule has 2 aliphatic carbocycles. The van der Waals surface area contributed by atoms with Crippen molar-refractivity contribution in [3.63, 3.8) is 0 Å². The van der Waals surface area contributed by atoms with Crippen LogP contribution in [-0.2, 0) is 11.3 Å². The smallest absolute Gasteiger partial charge is 0.213 e. The highest BCUT2D eigenvalue weighted by atomic mass is 16.5. The normalized spacial score (nSPS) is 18.1. The van der Waals surface area contributed by atoms with Crippen molar-refractivity contribution in [2.24, 2.45) is 10.9 Å². The molecule has 0 bridgehead atoms. The number of nitrogens with one attached hydrogen (secondary N) is 2. The van der Waals surface area contributed by atoms with Gasteiger partial charge in [-0.3, -0.25) is 4.99 Å². The quantitative estimate of drug-likeness (QED) is 0.381. The Morgan fingerprint density at radius 2 is 2.04 bits per heavy atom. The zero-order valence-electron chi connectivity index (χ0n) is 15.9. The van der Waals surface area contributed by atoms with Gasteiger partial charge in [-0.1, -0.05) is 6.07 Å². The number of nitrogens with zero attached hydrogens (tertiary/aromatic N) is 2. The second-order valence-corrected chi connectivity index (χ2v) is 7.25. The lowest BCUT2D eigenvalue weighted by Crippen LogP contribution is -2.37. The van der Waals surface area contributed by atoms with Crippen LogP contribution in [0.2, 0.25) is 0 Å². The molecule has 0 amide bonds. The van der Waals surface area contributed by atoms with Gasteiger partial charge in [0.2, 0.25) is 5.88 Å². The topological polar surface area (TPSA) is 67.8 Å². The van der Waals surface area contributed by atoms with Gasteiger partial charge in [0, 0.05) is 45.6 Å². The number of aliphatic imine (C=N–C) groups is 1. The third-order valence-electron chi connectivity index (χ3n) is 4.88. The number of aromatic nitrogens is 1. The van der Waals surface area contributed by atoms with Crippen LogP contribution in [0, 0.1) is 5.92 Å². The molecule has 6 nitrogen and oxygen atoms in total. The summed E-state index contributed by atoms with van der Waals surface area (Å²) in [5, 5.41) is 6.63. The summed E-state index contributed by atoms with van der Waals surface area (Å²) in [6.07, 6.45) is 10.7. The Labute approximate surface area is 156 Å². The number of rotatable bonds is 10. The molecule has 0 saturated heterocycles. The predicted molar refractivity (Wildman–Crippen MR) is 103 cm³/mol. The van der Waals surface area contributed by atoms with Gasteiger partial charge in [-0.05, 0) is 56.4 Å². The summed E-state index contributed by atoms with van der Waals surface area (Å²) in [7, 11) is 1.79. The Hall–Kier alpha value is -1.82. The Morgan fingerprint density at radius 1 is 1.19 bits per heavy atom. The molecule has 0 atom stereocenters. The van der Waals surface area contributed by atoms with Crippen molar-refractivity contribution in [2.45, 2.75) is 57.6 Å². The van der Waals surface area contributed by atoms with E-state index in [1.807, 2.05) is 12.3 Å². The Morgan fingerprint density at radius 3 is 2.73 bits per heavy atom. The SMILES string of the molecule is CN=C(NCCCOCC1CC1)NCc1ccc(OC2CCCC2)nc1. The highest BCUT2D eigenvalue weighted by molar-refractivity contribution is 5.79. The van der Waals surface area contributed by atoms with Crippen LogP contribution in [0.15, 0.2) is 23.3 Å². The zero-order chi connectivity index (χ0) is 18.0. The van der Waals surface area contributed by atoms with Gasteiger partial charge in [0.1, 0.15) is 6.10 Å². The van der Waals surface area contributed by atoms with Crippen LogP contribution in [0.1, 0.15) is 50.5 Å². The maximum atomic E-state index is 5.90. The summed E-state index contributed by atoms with van der Waals surface area (Å²) in [6.45, 7) is 3.29. The van der Waals surface area contributed by atoms with Crippen molar-refractivity contribution in [1.29, 1.82) is 0 Å². The van der Waals surface area contributed by atoms with Crippen molar-refractivity contribution in [2.75, 3.05) is 26.8 Å². The molecule has 2 saturated carbocycles. The maximum absolute atomic E-state index is 5.90. The lowest BCUT2D eigenvalue weighted by atomic mass is 10.3. The van der Waals surface area contributed by atoms with Crippen molar-refractivity contribution >= 4 is 5.96 Å². The molecule has 1 aromatic rings. The minimum Gasteiger partial charge on any atom is -0.474 e. The van der Waals surface area contributed by atoms with E-state index in [9.17, 15) is 0 Å². The molecular formula is C20H32N4O2. The molecule has 0 radical (unpaired) electrons. The van der Waals surface area contributed by atoms with Gasteiger partial charge in [-0.15, -0.1) is 0 Å². The first-order valence-corrected chi connectivity index (χ1v) is 9.97. The lowest BCUT2D eigenvalue weighted by Gasteiger charge is -2.13. The van der Waals surface area contributed by atoms with E-state index in [0.717, 1.165) is 62.3 Å². The van der Waals surface area contributed by atoms with Gasteiger partial charge in [-0.25, -0.2) is 4.98 Å². The van der Waals surface area contributed by atoms with Crippen molar-refractivity contribution in [1.82, 2.24) is 15.6 Å². The van der Waals surface area contributed by atoms with E-state index in [1.165, 1.54) is 25.7 Å². The molecule has 144 valence electrons. The molecule has 0 unspecified atom stereocenters. The maximum Gasteiger partial charge on any atom is 0.213 e. The fraction of sp³-hybridized carbons (Fsp3) is 0.700. The molecule has 0 aliphatic heterocycles. The second-order valence-electron chi connectivity index (χ2n) is 7.25. The molecule has 2 N–H and O–H groups in total. The molecule has 3 rings (SSSR count). The largest absolute Gasteiger partial charge is 0.474 e. The first-order valence-electron chi connectivity index (χ1n) is 9.97. The highest BCUT2D eigenvalue weighted by Crippen LogP contribution is 2.28. The molecule has 0 aromatic carbocycles. The van der Waals surface area contributed by atoms with Gasteiger partial charge in [0.25, 0.3) is 0 Å². The Kier molecular flexibility index (Phi) is 7.55. The summed E-state index contributed by atoms with van der Waals surface area (Å²) in [5.41, 5.74) is 1.11. The monoisotopic (exact) mass is 360 g/mol. The summed E-state index contributed by atoms with van der Waals surface area (Å²) in [5.74, 6) is 2.37. The van der Waals surface area contributed by atoms with E-state index in [1.54, 1.807) is 7.05 Å². The van der Waals surface area contributed by atoms with Crippen molar-refractivity contribution in [3.8, 4) is 5.88 Å². The van der Waals surface area contributed by atoms with E-state index in [2.05, 4.69) is 26.7 Å². The van der Waals surface area contributed by atoms with Crippen LogP contribution < -0.4 is 15.4 Å². The van der Waals surface area contributed by atoms with E-state index in [0.29, 0.717) is 12.6 Å². The van der Waals surface area contributed by atoms with E-state index < -0.39 is 0 Å². The number of pyridine rings is 1. The third kappa shape index (κ3) is 6.83. The van der Waals surface area contributed by atoms with Crippen LogP contribution in [0.4, 0.5) is 0 Å². The molecule has 2 fully saturated rings. The first-order chi connectivity index (χ1) is 12.8. The van der Waals surface area contributed by atoms with Crippen LogP contribution in [0.5, 0.6) is 5.88 Å². The Bertz CT molecular complexity index is 551. The van der Waals surface area contributed by atoms with Gasteiger partial charge in [0.05, 0.1) is 0 Å². The average molecular weight is 361 g/mol. The predicted octanol–water partition coefficient (Wildman–Crippen LogP) is 2.88. The summed E-state index contributed by atoms with van der Waals surface area (Å²) < 4.78 is 11.5. The molecule has 2 aliphatic rings. The fourth-order valence-electron chi connectivity index (χ4n) is 3.08. The zero-order valence-corrected chi connectivity index (χ0v) is 15.9. The number of hydrogen-bond donors (Lipinski definition) is 2. The van der Waals surface area contributed by atoms with Crippen LogP contribution in [0.3, 0.4) is 0 Å². The molecular weight excluding hydrogens is 328 g/mol. The third-order valence-corrected chi connectivity index (χ3v) is 4.88. The van der Waals surface area contributed by atoms with E-state index in [4.69, 9.17) is 9.47 Å². The lowest BCUT2D eigenvalue weighted by molar-refractivity contribution is 0.123. The fourth-order valence-corrected chi connectivity index (χ4v) is 3.08. The summed E-state index contributed by atoms with van der Waals surface area (Å²) >= 11 is 0. The number of hydrogen-bond acceptors (Lipinski definition) is 4. The minimum atomic E-state index is 0.350. The number of ether oxygens (including phenoxy) is 2. The molecule has 0 spiro atoms. The highest BCUT2D eigenvalue weighted by Gasteiger charge is 2.20. The van der Waals surface area contributed by atoms with Gasteiger partial charge in [0.15, 0.2) is 5.96 Å². The van der Waals surface area contributed by atoms with E-state index >= 15 is 0 Å².